The van der Waals surface area contributed by atoms with E-state index in [1.54, 1.807) is 6.07 Å². The Bertz CT molecular complexity index is 557. The summed E-state index contributed by atoms with van der Waals surface area (Å²) in [5.41, 5.74) is 0. The van der Waals surface area contributed by atoms with Gasteiger partial charge in [-0.05, 0) is 53.6 Å². The second kappa shape index (κ2) is 7.22. The fraction of sp³-hybridized carbons (Fsp3) is 0.692. The molecule has 0 saturated heterocycles. The number of nitrogens with one attached hydrogen (secondary N) is 1. The lowest BCUT2D eigenvalue weighted by molar-refractivity contribution is 0.263. The lowest BCUT2D eigenvalue weighted by atomic mass is 9.80. The number of aryl methyl sites for hydroxylation is 1. The van der Waals surface area contributed by atoms with Gasteiger partial charge in [-0.15, -0.1) is 11.3 Å². The molecule has 1 aliphatic rings. The number of hydrogen-bond acceptors (Lipinski definition) is 3. The maximum atomic E-state index is 12.4. The first-order valence-electron chi connectivity index (χ1n) is 6.75. The Morgan fingerprint density at radius 1 is 1.35 bits per heavy atom. The topological polar surface area (TPSA) is 46.2 Å². The molecule has 0 spiro atoms. The van der Waals surface area contributed by atoms with Crippen molar-refractivity contribution < 1.29 is 8.42 Å². The molecule has 1 heterocycles. The van der Waals surface area contributed by atoms with E-state index in [9.17, 15) is 8.42 Å². The molecular weight excluding hydrogens is 426 g/mol. The Kier molecular flexibility index (Phi) is 6.11. The van der Waals surface area contributed by atoms with Crippen molar-refractivity contribution in [1.29, 1.82) is 0 Å². The highest BCUT2D eigenvalue weighted by molar-refractivity contribution is 9.11. The van der Waals surface area contributed by atoms with Gasteiger partial charge in [-0.2, -0.15) is 0 Å². The van der Waals surface area contributed by atoms with Gasteiger partial charge in [0.05, 0.1) is 8.68 Å². The van der Waals surface area contributed by atoms with Gasteiger partial charge in [-0.3, -0.25) is 0 Å². The zero-order chi connectivity index (χ0) is 14.8. The minimum atomic E-state index is -3.39. The average molecular weight is 445 g/mol. The van der Waals surface area contributed by atoms with Crippen LogP contribution >= 0.6 is 43.2 Å². The van der Waals surface area contributed by atoms with Crippen LogP contribution in [0.4, 0.5) is 0 Å². The summed E-state index contributed by atoms with van der Waals surface area (Å²) in [5, 5.41) is 0.961. The number of hydrogen-bond donors (Lipinski definition) is 1. The van der Waals surface area contributed by atoms with E-state index in [1.165, 1.54) is 30.6 Å². The SMILES string of the molecule is Cc1sc(Br)cc1S(=O)(=O)NCC1CCCCC1CBr. The monoisotopic (exact) mass is 443 g/mol. The number of alkyl halides is 1. The van der Waals surface area contributed by atoms with Crippen LogP contribution in [-0.2, 0) is 10.0 Å². The Morgan fingerprint density at radius 2 is 2.00 bits per heavy atom. The molecule has 1 fully saturated rings. The Balaban J connectivity index is 2.03. The molecule has 1 N–H and O–H groups in total. The molecule has 0 aromatic carbocycles. The third kappa shape index (κ3) is 4.06. The highest BCUT2D eigenvalue weighted by atomic mass is 79.9. The molecule has 0 bridgehead atoms. The van der Waals surface area contributed by atoms with Gasteiger partial charge in [0.25, 0.3) is 0 Å². The van der Waals surface area contributed by atoms with Crippen molar-refractivity contribution in [1.82, 2.24) is 4.72 Å². The Hall–Kier alpha value is 0.570. The zero-order valence-corrected chi connectivity index (χ0v) is 16.2. The lowest BCUT2D eigenvalue weighted by Gasteiger charge is -2.30. The predicted molar refractivity (Wildman–Crippen MR) is 91.2 cm³/mol. The second-order valence-electron chi connectivity index (χ2n) is 5.28. The fourth-order valence-corrected chi connectivity index (χ4v) is 7.11. The molecule has 7 heteroatoms. The number of thiophene rings is 1. The van der Waals surface area contributed by atoms with Gasteiger partial charge >= 0.3 is 0 Å². The quantitative estimate of drug-likeness (QED) is 0.688. The number of sulfonamides is 1. The predicted octanol–water partition coefficient (Wildman–Crippen LogP) is 4.30. The molecule has 1 saturated carbocycles. The Morgan fingerprint density at radius 3 is 2.55 bits per heavy atom. The molecular formula is C13H19Br2NO2S2. The molecule has 1 aromatic heterocycles. The zero-order valence-electron chi connectivity index (χ0n) is 11.4. The van der Waals surface area contributed by atoms with E-state index in [1.807, 2.05) is 6.92 Å². The molecule has 114 valence electrons. The van der Waals surface area contributed by atoms with Gasteiger partial charge < -0.3 is 0 Å². The normalized spacial score (nSPS) is 23.9. The molecule has 0 aliphatic heterocycles. The van der Waals surface area contributed by atoms with Crippen molar-refractivity contribution in [2.75, 3.05) is 11.9 Å². The fourth-order valence-electron chi connectivity index (χ4n) is 2.75. The van der Waals surface area contributed by atoms with Crippen LogP contribution in [-0.4, -0.2) is 20.3 Å². The molecule has 2 unspecified atom stereocenters. The Labute approximate surface area is 141 Å². The summed E-state index contributed by atoms with van der Waals surface area (Å²) in [4.78, 5) is 1.23. The highest BCUT2D eigenvalue weighted by Crippen LogP contribution is 2.32. The largest absolute Gasteiger partial charge is 0.241 e. The van der Waals surface area contributed by atoms with Gasteiger partial charge in [0.1, 0.15) is 0 Å². The summed E-state index contributed by atoms with van der Waals surface area (Å²) in [6.07, 6.45) is 4.78. The first-order chi connectivity index (χ1) is 9.44. The van der Waals surface area contributed by atoms with Crippen LogP contribution in [0.1, 0.15) is 30.6 Å². The van der Waals surface area contributed by atoms with Gasteiger partial charge in [-0.1, -0.05) is 28.8 Å². The van der Waals surface area contributed by atoms with E-state index in [0.29, 0.717) is 23.3 Å². The van der Waals surface area contributed by atoms with Gasteiger partial charge in [0.2, 0.25) is 10.0 Å². The molecule has 0 radical (unpaired) electrons. The van der Waals surface area contributed by atoms with E-state index < -0.39 is 10.0 Å². The summed E-state index contributed by atoms with van der Waals surface area (Å²) in [7, 11) is -3.39. The summed E-state index contributed by atoms with van der Waals surface area (Å²) in [5.74, 6) is 1.03. The van der Waals surface area contributed by atoms with E-state index >= 15 is 0 Å². The van der Waals surface area contributed by atoms with Crippen molar-refractivity contribution in [3.05, 3.63) is 14.7 Å². The van der Waals surface area contributed by atoms with E-state index in [0.717, 1.165) is 20.4 Å². The van der Waals surface area contributed by atoms with Crippen molar-refractivity contribution in [3.63, 3.8) is 0 Å². The first-order valence-corrected chi connectivity index (χ1v) is 11.0. The summed E-state index contributed by atoms with van der Waals surface area (Å²) in [6, 6.07) is 1.69. The van der Waals surface area contributed by atoms with Crippen LogP contribution in [0.15, 0.2) is 14.7 Å². The van der Waals surface area contributed by atoms with Gasteiger partial charge in [-0.25, -0.2) is 13.1 Å². The summed E-state index contributed by atoms with van der Waals surface area (Å²) in [6.45, 7) is 2.39. The highest BCUT2D eigenvalue weighted by Gasteiger charge is 2.27. The van der Waals surface area contributed by atoms with Crippen molar-refractivity contribution in [3.8, 4) is 0 Å². The molecule has 2 atom stereocenters. The van der Waals surface area contributed by atoms with Gasteiger partial charge in [0, 0.05) is 16.8 Å². The molecule has 1 aliphatic carbocycles. The minimum Gasteiger partial charge on any atom is -0.211 e. The maximum absolute atomic E-state index is 12.4. The standard InChI is InChI=1S/C13H19Br2NO2S2/c1-9-12(6-13(15)19-9)20(17,18)16-8-11-5-3-2-4-10(11)7-14/h6,10-11,16H,2-5,7-8H2,1H3. The molecule has 3 nitrogen and oxygen atoms in total. The van der Waals surface area contributed by atoms with Crippen LogP contribution in [0.5, 0.6) is 0 Å². The van der Waals surface area contributed by atoms with Crippen LogP contribution in [0, 0.1) is 18.8 Å². The third-order valence-electron chi connectivity index (χ3n) is 3.93. The first kappa shape index (κ1) is 16.9. The van der Waals surface area contributed by atoms with Crippen LogP contribution < -0.4 is 4.72 Å². The summed E-state index contributed by atoms with van der Waals surface area (Å²) < 4.78 is 28.4. The van der Waals surface area contributed by atoms with Crippen LogP contribution in [0.3, 0.4) is 0 Å². The lowest BCUT2D eigenvalue weighted by Crippen LogP contribution is -2.34. The van der Waals surface area contributed by atoms with Crippen LogP contribution in [0.2, 0.25) is 0 Å². The molecule has 2 rings (SSSR count). The van der Waals surface area contributed by atoms with Crippen molar-refractivity contribution in [2.45, 2.75) is 37.5 Å². The van der Waals surface area contributed by atoms with Crippen molar-refractivity contribution in [2.24, 2.45) is 11.8 Å². The molecule has 0 amide bonds. The minimum absolute atomic E-state index is 0.403. The van der Waals surface area contributed by atoms with E-state index in [2.05, 4.69) is 36.6 Å². The smallest absolute Gasteiger partial charge is 0.211 e. The number of halogens is 2. The van der Waals surface area contributed by atoms with Gasteiger partial charge in [0.15, 0.2) is 0 Å². The van der Waals surface area contributed by atoms with E-state index in [4.69, 9.17) is 0 Å². The number of rotatable bonds is 5. The second-order valence-corrected chi connectivity index (χ2v) is 10.3. The maximum Gasteiger partial charge on any atom is 0.241 e. The van der Waals surface area contributed by atoms with Crippen LogP contribution in [0.25, 0.3) is 0 Å². The molecule has 20 heavy (non-hydrogen) atoms. The third-order valence-corrected chi connectivity index (χ3v) is 8.00. The molecule has 1 aromatic rings. The van der Waals surface area contributed by atoms with E-state index in [-0.39, 0.29) is 0 Å². The summed E-state index contributed by atoms with van der Waals surface area (Å²) >= 11 is 8.35. The van der Waals surface area contributed by atoms with Crippen molar-refractivity contribution >= 4 is 53.2 Å². The average Bonchev–Trinajstić information content (AvgIpc) is 2.76.